The molecule has 3 aromatic rings. The van der Waals surface area contributed by atoms with Gasteiger partial charge in [0.2, 0.25) is 0 Å². The Bertz CT molecular complexity index is 1040. The number of halogens is 3. The van der Waals surface area contributed by atoms with Crippen LogP contribution in [0.15, 0.2) is 54.7 Å². The second-order valence-corrected chi connectivity index (χ2v) is 6.46. The molecule has 1 N–H and O–H groups in total. The summed E-state index contributed by atoms with van der Waals surface area (Å²) in [5, 5.41) is 2.40. The minimum absolute atomic E-state index is 0.183. The maximum atomic E-state index is 13.8. The average Bonchev–Trinajstić information content (AvgIpc) is 2.72. The van der Waals surface area contributed by atoms with E-state index in [1.165, 1.54) is 5.56 Å². The molecule has 142 valence electrons. The highest BCUT2D eigenvalue weighted by atomic mass is 19.2. The van der Waals surface area contributed by atoms with Crippen LogP contribution < -0.4 is 10.2 Å². The highest BCUT2D eigenvalue weighted by Gasteiger charge is 2.20. The fraction of sp³-hybridized carbons (Fsp3) is 0.143. The molecule has 0 fully saturated rings. The summed E-state index contributed by atoms with van der Waals surface area (Å²) in [6.07, 6.45) is 3.65. The number of pyridine rings is 1. The van der Waals surface area contributed by atoms with E-state index in [9.17, 15) is 18.0 Å². The average molecular weight is 383 g/mol. The minimum atomic E-state index is -1.68. The van der Waals surface area contributed by atoms with Crippen LogP contribution in [0.1, 0.15) is 22.3 Å². The lowest BCUT2D eigenvalue weighted by molar-refractivity contribution is 0.102. The first-order valence-electron chi connectivity index (χ1n) is 8.81. The second-order valence-electron chi connectivity index (χ2n) is 6.46. The first kappa shape index (κ1) is 18.0. The molecule has 0 unspecified atom stereocenters. The fourth-order valence-electron chi connectivity index (χ4n) is 3.31. The monoisotopic (exact) mass is 383 g/mol. The number of hydrogen-bond acceptors (Lipinski definition) is 3. The van der Waals surface area contributed by atoms with Crippen molar-refractivity contribution in [3.8, 4) is 0 Å². The largest absolute Gasteiger partial charge is 0.340 e. The van der Waals surface area contributed by atoms with Crippen molar-refractivity contribution in [2.45, 2.75) is 12.8 Å². The van der Waals surface area contributed by atoms with Crippen molar-refractivity contribution in [1.82, 2.24) is 4.98 Å². The molecule has 0 saturated heterocycles. The van der Waals surface area contributed by atoms with Crippen molar-refractivity contribution in [1.29, 1.82) is 0 Å². The molecule has 0 bridgehead atoms. The second kappa shape index (κ2) is 7.34. The number of fused-ring (bicyclic) bond motifs is 1. The molecule has 1 aromatic heterocycles. The summed E-state index contributed by atoms with van der Waals surface area (Å²) in [5.41, 5.74) is 2.66. The number of benzene rings is 2. The summed E-state index contributed by atoms with van der Waals surface area (Å²) in [5.74, 6) is -5.28. The first-order valence-corrected chi connectivity index (χ1v) is 8.81. The van der Waals surface area contributed by atoms with E-state index in [1.54, 1.807) is 18.3 Å². The van der Waals surface area contributed by atoms with Gasteiger partial charge in [0.1, 0.15) is 5.82 Å². The van der Waals surface area contributed by atoms with Crippen LogP contribution in [0.3, 0.4) is 0 Å². The molecule has 0 spiro atoms. The summed E-state index contributed by atoms with van der Waals surface area (Å²) < 4.78 is 40.1. The smallest absolute Gasteiger partial charge is 0.259 e. The van der Waals surface area contributed by atoms with Gasteiger partial charge in [-0.2, -0.15) is 0 Å². The van der Waals surface area contributed by atoms with Gasteiger partial charge in [-0.3, -0.25) is 4.79 Å². The highest BCUT2D eigenvalue weighted by Crippen LogP contribution is 2.33. The van der Waals surface area contributed by atoms with Gasteiger partial charge in [0.05, 0.1) is 17.4 Å². The van der Waals surface area contributed by atoms with Gasteiger partial charge in [-0.25, -0.2) is 18.2 Å². The van der Waals surface area contributed by atoms with E-state index in [2.05, 4.69) is 27.3 Å². The molecule has 2 aromatic carbocycles. The predicted molar refractivity (Wildman–Crippen MR) is 100 cm³/mol. The number of rotatable bonds is 3. The van der Waals surface area contributed by atoms with E-state index in [4.69, 9.17) is 0 Å². The van der Waals surface area contributed by atoms with Crippen molar-refractivity contribution in [2.24, 2.45) is 0 Å². The van der Waals surface area contributed by atoms with Crippen LogP contribution in [0.25, 0.3) is 0 Å². The van der Waals surface area contributed by atoms with Crippen LogP contribution in [-0.4, -0.2) is 17.4 Å². The summed E-state index contributed by atoms with van der Waals surface area (Å²) in [7, 11) is 0. The molecule has 7 heteroatoms. The molecule has 4 nitrogen and oxygen atoms in total. The molecular weight excluding hydrogens is 367 g/mol. The fourth-order valence-corrected chi connectivity index (χ4v) is 3.31. The topological polar surface area (TPSA) is 45.2 Å². The Hall–Kier alpha value is -3.35. The number of nitrogens with zero attached hydrogens (tertiary/aromatic N) is 2. The normalized spacial score (nSPS) is 13.2. The van der Waals surface area contributed by atoms with E-state index in [1.807, 2.05) is 12.1 Å². The number of carbonyl (C=O) groups excluding carboxylic acids is 1. The highest BCUT2D eigenvalue weighted by molar-refractivity contribution is 6.04. The Morgan fingerprint density at radius 1 is 1.00 bits per heavy atom. The third-order valence-corrected chi connectivity index (χ3v) is 4.69. The maximum absolute atomic E-state index is 13.8. The van der Waals surface area contributed by atoms with Crippen LogP contribution in [0.4, 0.5) is 30.4 Å². The van der Waals surface area contributed by atoms with Gasteiger partial charge in [-0.15, -0.1) is 0 Å². The third-order valence-electron chi connectivity index (χ3n) is 4.69. The Morgan fingerprint density at radius 2 is 1.82 bits per heavy atom. The Labute approximate surface area is 159 Å². The van der Waals surface area contributed by atoms with Crippen LogP contribution in [0.2, 0.25) is 0 Å². The molecule has 4 rings (SSSR count). The molecule has 0 aliphatic carbocycles. The van der Waals surface area contributed by atoms with Crippen molar-refractivity contribution in [3.63, 3.8) is 0 Å². The lowest BCUT2D eigenvalue weighted by Crippen LogP contribution is -2.24. The molecule has 0 saturated carbocycles. The Morgan fingerprint density at radius 3 is 2.61 bits per heavy atom. The van der Waals surface area contributed by atoms with E-state index < -0.39 is 28.9 Å². The summed E-state index contributed by atoms with van der Waals surface area (Å²) >= 11 is 0. The number of carbonyl (C=O) groups is 1. The molecule has 2 heterocycles. The molecule has 1 aliphatic rings. The number of nitrogens with one attached hydrogen (secondary N) is 1. The first-order chi connectivity index (χ1) is 13.5. The summed E-state index contributed by atoms with van der Waals surface area (Å²) in [4.78, 5) is 18.5. The number of aryl methyl sites for hydroxylation is 1. The minimum Gasteiger partial charge on any atom is -0.340 e. The Balaban J connectivity index is 1.53. The zero-order valence-corrected chi connectivity index (χ0v) is 14.8. The molecule has 1 amide bonds. The van der Waals surface area contributed by atoms with Crippen LogP contribution >= 0.6 is 0 Å². The SMILES string of the molecule is O=C(Nc1ccc(N2CCCc3ccccc32)cn1)c1ccc(F)c(F)c1F. The van der Waals surface area contributed by atoms with Gasteiger partial charge in [-0.1, -0.05) is 18.2 Å². The quantitative estimate of drug-likeness (QED) is 0.659. The number of para-hydroxylation sites is 1. The van der Waals surface area contributed by atoms with Crippen molar-refractivity contribution in [2.75, 3.05) is 16.8 Å². The van der Waals surface area contributed by atoms with E-state index >= 15 is 0 Å². The van der Waals surface area contributed by atoms with Gasteiger partial charge in [0, 0.05) is 12.2 Å². The zero-order valence-electron chi connectivity index (χ0n) is 14.8. The van der Waals surface area contributed by atoms with Gasteiger partial charge in [0.15, 0.2) is 17.5 Å². The summed E-state index contributed by atoms with van der Waals surface area (Å²) in [6.45, 7) is 0.852. The zero-order chi connectivity index (χ0) is 19.7. The third kappa shape index (κ3) is 3.31. The van der Waals surface area contributed by atoms with Gasteiger partial charge < -0.3 is 10.2 Å². The van der Waals surface area contributed by atoms with Crippen molar-refractivity contribution in [3.05, 3.63) is 83.3 Å². The van der Waals surface area contributed by atoms with Gasteiger partial charge in [0.25, 0.3) is 5.91 Å². The maximum Gasteiger partial charge on any atom is 0.259 e. The number of amides is 1. The van der Waals surface area contributed by atoms with Crippen molar-refractivity contribution >= 4 is 23.1 Å². The number of hydrogen-bond donors (Lipinski definition) is 1. The van der Waals surface area contributed by atoms with Crippen molar-refractivity contribution < 1.29 is 18.0 Å². The number of aromatic nitrogens is 1. The van der Waals surface area contributed by atoms with Crippen LogP contribution in [0.5, 0.6) is 0 Å². The molecule has 28 heavy (non-hydrogen) atoms. The van der Waals surface area contributed by atoms with E-state index in [-0.39, 0.29) is 5.82 Å². The lowest BCUT2D eigenvalue weighted by atomic mass is 10.0. The van der Waals surface area contributed by atoms with Crippen LogP contribution in [0, 0.1) is 17.5 Å². The standard InChI is InChI=1S/C21H16F3N3O/c22-16-9-8-15(19(23)20(16)24)21(28)26-18-10-7-14(12-25-18)27-11-3-5-13-4-1-2-6-17(13)27/h1-2,4,6-10,12H,3,5,11H2,(H,25,26,28). The number of anilines is 3. The molecule has 0 radical (unpaired) electrons. The molecule has 1 aliphatic heterocycles. The summed E-state index contributed by atoms with van der Waals surface area (Å²) in [6, 6.07) is 13.1. The van der Waals surface area contributed by atoms with Gasteiger partial charge in [-0.05, 0) is 48.7 Å². The molecule has 0 atom stereocenters. The van der Waals surface area contributed by atoms with E-state index in [0.29, 0.717) is 6.07 Å². The Kier molecular flexibility index (Phi) is 4.73. The lowest BCUT2D eigenvalue weighted by Gasteiger charge is -2.31. The predicted octanol–water partition coefficient (Wildman–Crippen LogP) is 4.84. The molecular formula is C21H16F3N3O. The van der Waals surface area contributed by atoms with Gasteiger partial charge >= 0.3 is 0 Å². The van der Waals surface area contributed by atoms with Crippen LogP contribution in [-0.2, 0) is 6.42 Å². The van der Waals surface area contributed by atoms with E-state index in [0.717, 1.165) is 36.8 Å².